The Labute approximate surface area is 162 Å². The first kappa shape index (κ1) is 23.0. The van der Waals surface area contributed by atoms with Crippen LogP contribution >= 0.6 is 23.4 Å². The largest absolute Gasteiger partial charge is 0.459 e. The normalized spacial score (nSPS) is 15.3. The van der Waals surface area contributed by atoms with Gasteiger partial charge in [0, 0.05) is 15.5 Å². The van der Waals surface area contributed by atoms with E-state index in [1.807, 2.05) is 0 Å². The number of rotatable bonds is 5. The summed E-state index contributed by atoms with van der Waals surface area (Å²) in [6.45, 7) is 10.1. The van der Waals surface area contributed by atoms with Gasteiger partial charge in [-0.3, -0.25) is 4.79 Å². The number of benzene rings is 1. The Kier molecular flexibility index (Phi) is 7.33. The molecule has 8 heteroatoms. The Bertz CT molecular complexity index is 607. The number of esters is 1. The molecule has 148 valence electrons. The lowest BCUT2D eigenvalue weighted by Crippen LogP contribution is -2.50. The predicted molar refractivity (Wildman–Crippen MR) is 102 cm³/mol. The summed E-state index contributed by atoms with van der Waals surface area (Å²) in [4.78, 5) is 12.6. The van der Waals surface area contributed by atoms with E-state index >= 15 is 0 Å². The maximum absolute atomic E-state index is 13.8. The van der Waals surface area contributed by atoms with Gasteiger partial charge in [0.15, 0.2) is 0 Å². The second-order valence-corrected chi connectivity index (χ2v) is 10.3. The summed E-state index contributed by atoms with van der Waals surface area (Å²) in [6.07, 6.45) is -4.65. The molecule has 0 unspecified atom stereocenters. The van der Waals surface area contributed by atoms with Gasteiger partial charge in [0.1, 0.15) is 16.9 Å². The Balaban J connectivity index is 3.23. The molecular weight excluding hydrogens is 387 g/mol. The molecule has 0 aliphatic carbocycles. The first-order valence-corrected chi connectivity index (χ1v) is 9.34. The number of nitrogens with one attached hydrogen (secondary N) is 1. The molecule has 1 aromatic rings. The van der Waals surface area contributed by atoms with E-state index in [1.165, 1.54) is 24.3 Å². The highest BCUT2D eigenvalue weighted by molar-refractivity contribution is 8.01. The molecule has 0 amide bonds. The van der Waals surface area contributed by atoms with Crippen molar-refractivity contribution < 1.29 is 22.7 Å². The number of carbonyl (C=O) groups is 1. The summed E-state index contributed by atoms with van der Waals surface area (Å²) in [5.41, 5.74) is -0.663. The van der Waals surface area contributed by atoms with Crippen molar-refractivity contribution in [2.24, 2.45) is 0 Å². The fourth-order valence-electron chi connectivity index (χ4n) is 2.05. The van der Waals surface area contributed by atoms with Crippen molar-refractivity contribution in [2.75, 3.05) is 5.32 Å². The highest BCUT2D eigenvalue weighted by atomic mass is 35.5. The molecule has 0 aromatic heterocycles. The van der Waals surface area contributed by atoms with E-state index in [-0.39, 0.29) is 5.69 Å². The van der Waals surface area contributed by atoms with E-state index in [2.05, 4.69) is 5.32 Å². The van der Waals surface area contributed by atoms with Gasteiger partial charge in [-0.25, -0.2) is 0 Å². The zero-order valence-electron chi connectivity index (χ0n) is 15.7. The quantitative estimate of drug-likeness (QED) is 0.610. The standard InChI is InChI=1S/C18H25ClF3NO2S/c1-16(2,3)25-15(24)13(26-17(4,5)6)14(18(20,21)22)23-12-9-7-11(19)8-10-12/h7-10,13-14,23H,1-6H3/t13-,14+/m1/s1. The van der Waals surface area contributed by atoms with Crippen molar-refractivity contribution in [1.29, 1.82) is 0 Å². The monoisotopic (exact) mass is 411 g/mol. The molecule has 26 heavy (non-hydrogen) atoms. The Morgan fingerprint density at radius 1 is 1.08 bits per heavy atom. The molecule has 0 spiro atoms. The smallest absolute Gasteiger partial charge is 0.410 e. The molecule has 0 fully saturated rings. The van der Waals surface area contributed by atoms with E-state index in [0.29, 0.717) is 5.02 Å². The van der Waals surface area contributed by atoms with Gasteiger partial charge in [-0.2, -0.15) is 13.2 Å². The highest BCUT2D eigenvalue weighted by Gasteiger charge is 2.50. The van der Waals surface area contributed by atoms with Crippen molar-refractivity contribution in [1.82, 2.24) is 0 Å². The minimum atomic E-state index is -4.65. The van der Waals surface area contributed by atoms with Gasteiger partial charge < -0.3 is 10.1 Å². The van der Waals surface area contributed by atoms with E-state index < -0.39 is 33.8 Å². The molecule has 2 atom stereocenters. The fourth-order valence-corrected chi connectivity index (χ4v) is 3.44. The van der Waals surface area contributed by atoms with Gasteiger partial charge in [-0.15, -0.1) is 11.8 Å². The lowest BCUT2D eigenvalue weighted by Gasteiger charge is -2.34. The van der Waals surface area contributed by atoms with Crippen molar-refractivity contribution >= 4 is 35.0 Å². The van der Waals surface area contributed by atoms with Crippen LogP contribution in [0.15, 0.2) is 24.3 Å². The SMILES string of the molecule is CC(C)(C)OC(=O)[C@H](SC(C)(C)C)[C@H](Nc1ccc(Cl)cc1)C(F)(F)F. The van der Waals surface area contributed by atoms with Crippen LogP contribution in [0.5, 0.6) is 0 Å². The van der Waals surface area contributed by atoms with Crippen molar-refractivity contribution in [3.05, 3.63) is 29.3 Å². The van der Waals surface area contributed by atoms with E-state index in [1.54, 1.807) is 41.5 Å². The molecule has 3 nitrogen and oxygen atoms in total. The van der Waals surface area contributed by atoms with Crippen LogP contribution in [0.2, 0.25) is 5.02 Å². The number of anilines is 1. The Morgan fingerprint density at radius 2 is 1.58 bits per heavy atom. The summed E-state index contributed by atoms with van der Waals surface area (Å²) >= 11 is 6.71. The summed E-state index contributed by atoms with van der Waals surface area (Å²) in [7, 11) is 0. The highest BCUT2D eigenvalue weighted by Crippen LogP contribution is 2.38. The minimum absolute atomic E-state index is 0.222. The van der Waals surface area contributed by atoms with Crippen LogP contribution < -0.4 is 5.32 Å². The number of hydrogen-bond acceptors (Lipinski definition) is 4. The zero-order chi connectivity index (χ0) is 20.3. The third kappa shape index (κ3) is 8.08. The number of ether oxygens (including phenoxy) is 1. The molecule has 0 heterocycles. The van der Waals surface area contributed by atoms with Gasteiger partial charge in [-0.1, -0.05) is 32.4 Å². The number of halogens is 4. The summed E-state index contributed by atoms with van der Waals surface area (Å²) in [5.74, 6) is -0.902. The van der Waals surface area contributed by atoms with Crippen molar-refractivity contribution in [3.63, 3.8) is 0 Å². The van der Waals surface area contributed by atoms with E-state index in [4.69, 9.17) is 16.3 Å². The van der Waals surface area contributed by atoms with E-state index in [9.17, 15) is 18.0 Å². The molecule has 0 saturated heterocycles. The van der Waals surface area contributed by atoms with Crippen LogP contribution in [-0.4, -0.2) is 33.8 Å². The van der Waals surface area contributed by atoms with Crippen LogP contribution in [0.25, 0.3) is 0 Å². The maximum Gasteiger partial charge on any atom is 0.410 e. The third-order valence-electron chi connectivity index (χ3n) is 2.94. The molecule has 1 N–H and O–H groups in total. The summed E-state index contributed by atoms with van der Waals surface area (Å²) in [6, 6.07) is 3.74. The second-order valence-electron chi connectivity index (χ2n) is 7.85. The summed E-state index contributed by atoms with van der Waals surface area (Å²) in [5, 5.41) is 1.37. The van der Waals surface area contributed by atoms with Crippen LogP contribution in [0.1, 0.15) is 41.5 Å². The number of thioether (sulfide) groups is 1. The van der Waals surface area contributed by atoms with Gasteiger partial charge in [0.05, 0.1) is 0 Å². The number of carbonyl (C=O) groups excluding carboxylic acids is 1. The average molecular weight is 412 g/mol. The van der Waals surface area contributed by atoms with Crippen molar-refractivity contribution in [3.8, 4) is 0 Å². The first-order chi connectivity index (χ1) is 11.6. The zero-order valence-corrected chi connectivity index (χ0v) is 17.3. The van der Waals surface area contributed by atoms with Crippen LogP contribution in [0.4, 0.5) is 18.9 Å². The molecule has 1 rings (SSSR count). The average Bonchev–Trinajstić information content (AvgIpc) is 2.40. The molecular formula is C18H25ClF3NO2S. The molecule has 0 saturated carbocycles. The molecule has 1 aromatic carbocycles. The topological polar surface area (TPSA) is 38.3 Å². The fraction of sp³-hybridized carbons (Fsp3) is 0.611. The van der Waals surface area contributed by atoms with Crippen molar-refractivity contribution in [2.45, 2.75) is 69.4 Å². The molecule has 0 radical (unpaired) electrons. The Hall–Kier alpha value is -1.08. The van der Waals surface area contributed by atoms with Gasteiger partial charge in [-0.05, 0) is 45.0 Å². The lowest BCUT2D eigenvalue weighted by molar-refractivity contribution is -0.167. The predicted octanol–water partition coefficient (Wildman–Crippen LogP) is 5.92. The lowest BCUT2D eigenvalue weighted by atomic mass is 10.1. The third-order valence-corrected chi connectivity index (χ3v) is 4.62. The number of hydrogen-bond donors (Lipinski definition) is 1. The van der Waals surface area contributed by atoms with Crippen LogP contribution in [0.3, 0.4) is 0 Å². The van der Waals surface area contributed by atoms with Crippen LogP contribution in [0, 0.1) is 0 Å². The minimum Gasteiger partial charge on any atom is -0.459 e. The molecule has 0 bridgehead atoms. The number of alkyl halides is 3. The Morgan fingerprint density at radius 3 is 1.96 bits per heavy atom. The summed E-state index contributed by atoms with van der Waals surface area (Å²) < 4.78 is 46.1. The van der Waals surface area contributed by atoms with Gasteiger partial charge >= 0.3 is 12.1 Å². The first-order valence-electron chi connectivity index (χ1n) is 8.08. The van der Waals surface area contributed by atoms with Gasteiger partial charge in [0.2, 0.25) is 0 Å². The molecule has 0 aliphatic rings. The maximum atomic E-state index is 13.8. The second kappa shape index (κ2) is 8.30. The van der Waals surface area contributed by atoms with E-state index in [0.717, 1.165) is 11.8 Å². The molecule has 0 aliphatic heterocycles. The van der Waals surface area contributed by atoms with Crippen LogP contribution in [-0.2, 0) is 9.53 Å². The van der Waals surface area contributed by atoms with Gasteiger partial charge in [0.25, 0.3) is 0 Å².